The summed E-state index contributed by atoms with van der Waals surface area (Å²) in [5.74, 6) is 2.47. The maximum Gasteiger partial charge on any atom is 0.130 e. The van der Waals surface area contributed by atoms with Gasteiger partial charge in [-0.05, 0) is 62.3 Å². The van der Waals surface area contributed by atoms with E-state index in [0.717, 1.165) is 48.3 Å². The third-order valence-corrected chi connectivity index (χ3v) is 4.94. The average molecular weight is 355 g/mol. The predicted molar refractivity (Wildman–Crippen MR) is 103 cm³/mol. The molecular formula is C21H29N3O2. The van der Waals surface area contributed by atoms with Crippen molar-refractivity contribution in [3.63, 3.8) is 0 Å². The van der Waals surface area contributed by atoms with E-state index in [4.69, 9.17) is 9.47 Å². The van der Waals surface area contributed by atoms with Crippen LogP contribution in [-0.4, -0.2) is 43.2 Å². The lowest BCUT2D eigenvalue weighted by Crippen LogP contribution is -2.26. The molecule has 0 saturated carbocycles. The summed E-state index contributed by atoms with van der Waals surface area (Å²) >= 11 is 0. The Labute approximate surface area is 156 Å². The molecule has 1 aliphatic heterocycles. The van der Waals surface area contributed by atoms with E-state index in [0.29, 0.717) is 6.61 Å². The maximum absolute atomic E-state index is 6.01. The van der Waals surface area contributed by atoms with Gasteiger partial charge in [-0.2, -0.15) is 0 Å². The normalized spacial score (nSPS) is 17.4. The second-order valence-corrected chi connectivity index (χ2v) is 6.76. The van der Waals surface area contributed by atoms with Crippen molar-refractivity contribution in [1.29, 1.82) is 0 Å². The fourth-order valence-corrected chi connectivity index (χ4v) is 3.37. The Hall–Kier alpha value is -2.11. The quantitative estimate of drug-likeness (QED) is 0.749. The molecule has 1 aliphatic rings. The first-order valence-electron chi connectivity index (χ1n) is 9.41. The summed E-state index contributed by atoms with van der Waals surface area (Å²) in [5.41, 5.74) is 2.04. The Balaban J connectivity index is 1.57. The second-order valence-electron chi connectivity index (χ2n) is 6.76. The highest BCUT2D eigenvalue weighted by Gasteiger charge is 2.20. The van der Waals surface area contributed by atoms with Crippen molar-refractivity contribution < 1.29 is 9.47 Å². The smallest absolute Gasteiger partial charge is 0.130 e. The van der Waals surface area contributed by atoms with Gasteiger partial charge in [0, 0.05) is 24.8 Å². The van der Waals surface area contributed by atoms with E-state index in [1.54, 1.807) is 13.3 Å². The van der Waals surface area contributed by atoms with Crippen molar-refractivity contribution in [3.8, 4) is 11.5 Å². The molecule has 26 heavy (non-hydrogen) atoms. The van der Waals surface area contributed by atoms with Gasteiger partial charge in [0.2, 0.25) is 0 Å². The van der Waals surface area contributed by atoms with Crippen LogP contribution in [0.5, 0.6) is 11.5 Å². The van der Waals surface area contributed by atoms with E-state index in [2.05, 4.69) is 22.1 Å². The second kappa shape index (κ2) is 9.55. The van der Waals surface area contributed by atoms with Gasteiger partial charge >= 0.3 is 0 Å². The zero-order valence-electron chi connectivity index (χ0n) is 15.8. The molecule has 1 aromatic heterocycles. The summed E-state index contributed by atoms with van der Waals surface area (Å²) < 4.78 is 11.4. The fraction of sp³-hybridized carbons (Fsp3) is 0.476. The number of nitrogens with zero attached hydrogens (tertiary/aromatic N) is 2. The van der Waals surface area contributed by atoms with Crippen LogP contribution < -0.4 is 14.8 Å². The monoisotopic (exact) mass is 355 g/mol. The maximum atomic E-state index is 6.01. The van der Waals surface area contributed by atoms with Crippen LogP contribution in [0.15, 0.2) is 42.6 Å². The summed E-state index contributed by atoms with van der Waals surface area (Å²) in [6.07, 6.45) is 3.07. The zero-order valence-corrected chi connectivity index (χ0v) is 15.8. The molecule has 1 aromatic carbocycles. The third kappa shape index (κ3) is 5.19. The molecule has 0 radical (unpaired) electrons. The van der Waals surface area contributed by atoms with Gasteiger partial charge in [-0.1, -0.05) is 13.0 Å². The minimum absolute atomic E-state index is 0.467. The summed E-state index contributed by atoms with van der Waals surface area (Å²) in [7, 11) is 1.69. The molecule has 0 spiro atoms. The van der Waals surface area contributed by atoms with Crippen LogP contribution in [-0.2, 0) is 13.2 Å². The van der Waals surface area contributed by atoms with Gasteiger partial charge in [0.1, 0.15) is 18.1 Å². The molecule has 1 saturated heterocycles. The number of nitrogens with one attached hydrogen (secondary N) is 1. The highest BCUT2D eigenvalue weighted by molar-refractivity contribution is 5.40. The Bertz CT molecular complexity index is 678. The minimum atomic E-state index is 0.467. The van der Waals surface area contributed by atoms with Gasteiger partial charge < -0.3 is 19.7 Å². The Morgan fingerprint density at radius 1 is 1.27 bits per heavy atom. The van der Waals surface area contributed by atoms with Crippen LogP contribution >= 0.6 is 0 Å². The molecule has 0 aliphatic carbocycles. The van der Waals surface area contributed by atoms with Crippen molar-refractivity contribution in [3.05, 3.63) is 53.9 Å². The SMILES string of the molecule is CCN1CCC(CNCc2cc(OC)ccc2OCc2ccccn2)C1. The number of ether oxygens (including phenoxy) is 2. The highest BCUT2D eigenvalue weighted by atomic mass is 16.5. The number of aromatic nitrogens is 1. The first kappa shape index (κ1) is 18.7. The molecule has 140 valence electrons. The fourth-order valence-electron chi connectivity index (χ4n) is 3.37. The van der Waals surface area contributed by atoms with Crippen LogP contribution in [0.2, 0.25) is 0 Å². The molecule has 3 rings (SSSR count). The van der Waals surface area contributed by atoms with E-state index in [1.165, 1.54) is 19.5 Å². The lowest BCUT2D eigenvalue weighted by atomic mass is 10.1. The van der Waals surface area contributed by atoms with Crippen molar-refractivity contribution >= 4 is 0 Å². The Kier molecular flexibility index (Phi) is 6.86. The first-order valence-corrected chi connectivity index (χ1v) is 9.41. The van der Waals surface area contributed by atoms with Gasteiger partial charge in [-0.15, -0.1) is 0 Å². The van der Waals surface area contributed by atoms with E-state index in [-0.39, 0.29) is 0 Å². The molecular weight excluding hydrogens is 326 g/mol. The van der Waals surface area contributed by atoms with Gasteiger partial charge in [-0.3, -0.25) is 4.98 Å². The van der Waals surface area contributed by atoms with E-state index in [1.807, 2.05) is 36.4 Å². The molecule has 0 bridgehead atoms. The number of likely N-dealkylation sites (tertiary alicyclic amines) is 1. The Morgan fingerprint density at radius 3 is 2.92 bits per heavy atom. The minimum Gasteiger partial charge on any atom is -0.497 e. The number of rotatable bonds is 9. The van der Waals surface area contributed by atoms with Gasteiger partial charge in [0.15, 0.2) is 0 Å². The molecule has 1 fully saturated rings. The summed E-state index contributed by atoms with van der Waals surface area (Å²) in [6, 6.07) is 11.8. The molecule has 2 heterocycles. The van der Waals surface area contributed by atoms with Crippen LogP contribution in [0.3, 0.4) is 0 Å². The Morgan fingerprint density at radius 2 is 2.19 bits per heavy atom. The standard InChI is InChI=1S/C21H29N3O2/c1-3-24-11-9-17(15-24)13-22-14-18-12-20(25-2)7-8-21(18)26-16-19-6-4-5-10-23-19/h4-8,10,12,17,22H,3,9,11,13-16H2,1-2H3. The van der Waals surface area contributed by atoms with E-state index >= 15 is 0 Å². The lowest BCUT2D eigenvalue weighted by Gasteiger charge is -2.16. The van der Waals surface area contributed by atoms with Crippen LogP contribution in [0.1, 0.15) is 24.6 Å². The summed E-state index contributed by atoms with van der Waals surface area (Å²) in [6.45, 7) is 8.08. The van der Waals surface area contributed by atoms with Crippen LogP contribution in [0.4, 0.5) is 0 Å². The lowest BCUT2D eigenvalue weighted by molar-refractivity contribution is 0.296. The van der Waals surface area contributed by atoms with Crippen LogP contribution in [0, 0.1) is 5.92 Å². The predicted octanol–water partition coefficient (Wildman–Crippen LogP) is 3.10. The molecule has 1 atom stereocenters. The molecule has 1 N–H and O–H groups in total. The topological polar surface area (TPSA) is 46.6 Å². The van der Waals surface area contributed by atoms with Gasteiger partial charge in [0.25, 0.3) is 0 Å². The molecule has 2 aromatic rings. The third-order valence-electron chi connectivity index (χ3n) is 4.94. The van der Waals surface area contributed by atoms with Gasteiger partial charge in [-0.25, -0.2) is 0 Å². The highest BCUT2D eigenvalue weighted by Crippen LogP contribution is 2.25. The number of benzene rings is 1. The van der Waals surface area contributed by atoms with Crippen molar-refractivity contribution in [2.24, 2.45) is 5.92 Å². The first-order chi connectivity index (χ1) is 12.8. The van der Waals surface area contributed by atoms with Crippen molar-refractivity contribution in [2.45, 2.75) is 26.5 Å². The van der Waals surface area contributed by atoms with Crippen LogP contribution in [0.25, 0.3) is 0 Å². The molecule has 0 amide bonds. The average Bonchev–Trinajstić information content (AvgIpc) is 3.15. The molecule has 5 heteroatoms. The van der Waals surface area contributed by atoms with E-state index < -0.39 is 0 Å². The van der Waals surface area contributed by atoms with Crippen molar-refractivity contribution in [1.82, 2.24) is 15.2 Å². The number of hydrogen-bond acceptors (Lipinski definition) is 5. The van der Waals surface area contributed by atoms with Gasteiger partial charge in [0.05, 0.1) is 12.8 Å². The summed E-state index contributed by atoms with van der Waals surface area (Å²) in [4.78, 5) is 6.83. The number of pyridine rings is 1. The largest absolute Gasteiger partial charge is 0.497 e. The zero-order chi connectivity index (χ0) is 18.2. The summed E-state index contributed by atoms with van der Waals surface area (Å²) in [5, 5.41) is 3.60. The molecule has 1 unspecified atom stereocenters. The van der Waals surface area contributed by atoms with E-state index in [9.17, 15) is 0 Å². The molecule has 5 nitrogen and oxygen atoms in total. The number of methoxy groups -OCH3 is 1. The van der Waals surface area contributed by atoms with Crippen molar-refractivity contribution in [2.75, 3.05) is 33.3 Å². The number of hydrogen-bond donors (Lipinski definition) is 1.